The molecule has 0 aliphatic rings. The Balaban J connectivity index is 2.39. The molecule has 0 aliphatic heterocycles. The number of halogens is 3. The number of primary amides is 1. The fraction of sp³-hybridized carbons (Fsp3) is 0.231. The van der Waals surface area contributed by atoms with Gasteiger partial charge < -0.3 is 5.73 Å². The fourth-order valence-electron chi connectivity index (χ4n) is 1.94. The van der Waals surface area contributed by atoms with Crippen LogP contribution in [0.3, 0.4) is 0 Å². The Morgan fingerprint density at radius 1 is 1.30 bits per heavy atom. The number of aromatic nitrogens is 1. The van der Waals surface area contributed by atoms with E-state index in [0.717, 1.165) is 5.39 Å². The first-order valence-corrected chi connectivity index (χ1v) is 5.81. The lowest BCUT2D eigenvalue weighted by Gasteiger charge is -2.18. The summed E-state index contributed by atoms with van der Waals surface area (Å²) in [5.41, 5.74) is 5.98. The second kappa shape index (κ2) is 5.46. The molecular weight excluding hydrogens is 271 g/mol. The summed E-state index contributed by atoms with van der Waals surface area (Å²) < 4.78 is 36.8. The molecule has 0 aliphatic carbocycles. The molecule has 0 fully saturated rings. The molecule has 0 saturated heterocycles. The van der Waals surface area contributed by atoms with Crippen LogP contribution in [0.5, 0.6) is 0 Å². The molecule has 1 aromatic heterocycles. The van der Waals surface area contributed by atoms with Gasteiger partial charge in [0.15, 0.2) is 0 Å². The van der Waals surface area contributed by atoms with E-state index in [0.29, 0.717) is 11.1 Å². The van der Waals surface area contributed by atoms with Gasteiger partial charge in [-0.2, -0.15) is 13.2 Å². The van der Waals surface area contributed by atoms with E-state index in [1.165, 1.54) is 12.3 Å². The van der Waals surface area contributed by atoms with Crippen molar-refractivity contribution in [2.75, 3.05) is 6.54 Å². The molecule has 2 aromatic rings. The molecule has 0 saturated carbocycles. The highest BCUT2D eigenvalue weighted by atomic mass is 19.4. The molecule has 3 N–H and O–H groups in total. The molecule has 106 valence electrons. The number of carbonyl (C=O) groups excluding carboxylic acids is 1. The van der Waals surface area contributed by atoms with Crippen LogP contribution in [0.4, 0.5) is 13.2 Å². The summed E-state index contributed by atoms with van der Waals surface area (Å²) >= 11 is 0. The highest BCUT2D eigenvalue weighted by molar-refractivity contribution is 5.89. The van der Waals surface area contributed by atoms with Crippen LogP contribution in [0.1, 0.15) is 11.6 Å². The van der Waals surface area contributed by atoms with Crippen LogP contribution in [-0.2, 0) is 4.79 Å². The van der Waals surface area contributed by atoms with Gasteiger partial charge in [0.1, 0.15) is 6.04 Å². The standard InChI is InChI=1S/C13H12F3N3O/c14-13(15,16)7-19-11(12(17)20)9-5-1-3-8-4-2-6-18-10(8)9/h1-6,11,19H,7H2,(H2,17,20). The maximum absolute atomic E-state index is 12.3. The molecule has 1 heterocycles. The van der Waals surface area contributed by atoms with Crippen LogP contribution in [0.25, 0.3) is 10.9 Å². The summed E-state index contributed by atoms with van der Waals surface area (Å²) in [6.07, 6.45) is -2.92. The molecule has 4 nitrogen and oxygen atoms in total. The highest BCUT2D eigenvalue weighted by Crippen LogP contribution is 2.23. The number of hydrogen-bond donors (Lipinski definition) is 2. The second-order valence-corrected chi connectivity index (χ2v) is 4.25. The maximum atomic E-state index is 12.3. The first-order chi connectivity index (χ1) is 9.38. The topological polar surface area (TPSA) is 68.0 Å². The average molecular weight is 283 g/mol. The van der Waals surface area contributed by atoms with Crippen LogP contribution in [0.15, 0.2) is 36.5 Å². The first-order valence-electron chi connectivity index (χ1n) is 5.81. The number of amides is 1. The van der Waals surface area contributed by atoms with Crippen molar-refractivity contribution in [2.45, 2.75) is 12.2 Å². The van der Waals surface area contributed by atoms with Gasteiger partial charge in [0.2, 0.25) is 5.91 Å². The number of nitrogens with one attached hydrogen (secondary N) is 1. The monoisotopic (exact) mass is 283 g/mol. The number of hydrogen-bond acceptors (Lipinski definition) is 3. The third-order valence-electron chi connectivity index (χ3n) is 2.77. The van der Waals surface area contributed by atoms with Crippen LogP contribution in [0.2, 0.25) is 0 Å². The number of carbonyl (C=O) groups is 1. The number of fused-ring (bicyclic) bond motifs is 1. The van der Waals surface area contributed by atoms with Gasteiger partial charge in [-0.1, -0.05) is 24.3 Å². The van der Waals surface area contributed by atoms with Gasteiger partial charge in [0.05, 0.1) is 12.1 Å². The quantitative estimate of drug-likeness (QED) is 0.900. The van der Waals surface area contributed by atoms with Gasteiger partial charge in [0.25, 0.3) is 0 Å². The van der Waals surface area contributed by atoms with E-state index >= 15 is 0 Å². The minimum atomic E-state index is -4.42. The SMILES string of the molecule is NC(=O)C(NCC(F)(F)F)c1cccc2cccnc12. The van der Waals surface area contributed by atoms with Crippen molar-refractivity contribution in [1.29, 1.82) is 0 Å². The molecule has 1 unspecified atom stereocenters. The minimum Gasteiger partial charge on any atom is -0.368 e. The van der Waals surface area contributed by atoms with Crippen molar-refractivity contribution in [3.05, 3.63) is 42.1 Å². The van der Waals surface area contributed by atoms with Gasteiger partial charge in [-0.3, -0.25) is 15.1 Å². The van der Waals surface area contributed by atoms with E-state index in [1.807, 2.05) is 0 Å². The van der Waals surface area contributed by atoms with E-state index < -0.39 is 24.7 Å². The highest BCUT2D eigenvalue weighted by Gasteiger charge is 2.30. The summed E-state index contributed by atoms with van der Waals surface area (Å²) in [6.45, 7) is -1.30. The number of rotatable bonds is 4. The Labute approximate surface area is 112 Å². The van der Waals surface area contributed by atoms with Gasteiger partial charge in [0, 0.05) is 17.1 Å². The van der Waals surface area contributed by atoms with E-state index in [2.05, 4.69) is 10.3 Å². The van der Waals surface area contributed by atoms with Crippen LogP contribution >= 0.6 is 0 Å². The number of nitrogens with zero attached hydrogens (tertiary/aromatic N) is 1. The third kappa shape index (κ3) is 3.24. The predicted molar refractivity (Wildman–Crippen MR) is 67.7 cm³/mol. The van der Waals surface area contributed by atoms with Gasteiger partial charge in [-0.05, 0) is 6.07 Å². The molecule has 1 amide bonds. The van der Waals surface area contributed by atoms with Gasteiger partial charge in [-0.15, -0.1) is 0 Å². The molecule has 7 heteroatoms. The van der Waals surface area contributed by atoms with Crippen LogP contribution < -0.4 is 11.1 Å². The van der Waals surface area contributed by atoms with Crippen LogP contribution in [-0.4, -0.2) is 23.6 Å². The Kier molecular flexibility index (Phi) is 3.89. The van der Waals surface area contributed by atoms with Crippen molar-refractivity contribution in [3.63, 3.8) is 0 Å². The van der Waals surface area contributed by atoms with Crippen molar-refractivity contribution in [2.24, 2.45) is 5.73 Å². The Hall–Kier alpha value is -2.15. The average Bonchev–Trinajstić information content (AvgIpc) is 2.37. The summed E-state index contributed by atoms with van der Waals surface area (Å²) in [4.78, 5) is 15.5. The number of nitrogens with two attached hydrogens (primary N) is 1. The summed E-state index contributed by atoms with van der Waals surface area (Å²) in [5.74, 6) is -0.882. The number of pyridine rings is 1. The first kappa shape index (κ1) is 14.3. The van der Waals surface area contributed by atoms with Crippen molar-refractivity contribution in [1.82, 2.24) is 10.3 Å². The van der Waals surface area contributed by atoms with E-state index in [-0.39, 0.29) is 0 Å². The minimum absolute atomic E-state index is 0.333. The molecule has 2 rings (SSSR count). The lowest BCUT2D eigenvalue weighted by Crippen LogP contribution is -2.39. The zero-order valence-electron chi connectivity index (χ0n) is 10.3. The predicted octanol–water partition coefficient (Wildman–Crippen LogP) is 1.91. The molecule has 1 atom stereocenters. The van der Waals surface area contributed by atoms with Crippen molar-refractivity contribution < 1.29 is 18.0 Å². The molecule has 0 bridgehead atoms. The Morgan fingerprint density at radius 3 is 2.65 bits per heavy atom. The molecule has 0 spiro atoms. The lowest BCUT2D eigenvalue weighted by molar-refractivity contribution is -0.130. The lowest BCUT2D eigenvalue weighted by atomic mass is 10.0. The second-order valence-electron chi connectivity index (χ2n) is 4.25. The molecule has 1 aromatic carbocycles. The molecule has 20 heavy (non-hydrogen) atoms. The van der Waals surface area contributed by atoms with E-state index in [9.17, 15) is 18.0 Å². The fourth-order valence-corrected chi connectivity index (χ4v) is 1.94. The van der Waals surface area contributed by atoms with Crippen molar-refractivity contribution in [3.8, 4) is 0 Å². The zero-order valence-corrected chi connectivity index (χ0v) is 10.3. The van der Waals surface area contributed by atoms with E-state index in [1.54, 1.807) is 24.3 Å². The van der Waals surface area contributed by atoms with Gasteiger partial charge in [-0.25, -0.2) is 0 Å². The maximum Gasteiger partial charge on any atom is 0.401 e. The van der Waals surface area contributed by atoms with Gasteiger partial charge >= 0.3 is 6.18 Å². The summed E-state index contributed by atoms with van der Waals surface area (Å²) in [6, 6.07) is 7.16. The zero-order chi connectivity index (χ0) is 14.8. The number of benzene rings is 1. The Bertz CT molecular complexity index is 622. The Morgan fingerprint density at radius 2 is 2.00 bits per heavy atom. The summed E-state index contributed by atoms with van der Waals surface area (Å²) in [5, 5.41) is 2.85. The smallest absolute Gasteiger partial charge is 0.368 e. The number of alkyl halides is 3. The van der Waals surface area contributed by atoms with Crippen molar-refractivity contribution >= 4 is 16.8 Å². The van der Waals surface area contributed by atoms with E-state index in [4.69, 9.17) is 5.73 Å². The molecular formula is C13H12F3N3O. The number of para-hydroxylation sites is 1. The summed E-state index contributed by atoms with van der Waals surface area (Å²) in [7, 11) is 0. The van der Waals surface area contributed by atoms with Crippen LogP contribution in [0, 0.1) is 0 Å². The third-order valence-corrected chi connectivity index (χ3v) is 2.77. The molecule has 0 radical (unpaired) electrons. The largest absolute Gasteiger partial charge is 0.401 e. The normalized spacial score (nSPS) is 13.3.